The van der Waals surface area contributed by atoms with Crippen molar-refractivity contribution in [2.24, 2.45) is 0 Å². The molecule has 0 N–H and O–H groups in total. The summed E-state index contributed by atoms with van der Waals surface area (Å²) in [6.07, 6.45) is 0. The lowest BCUT2D eigenvalue weighted by Gasteiger charge is -2.26. The van der Waals surface area contributed by atoms with E-state index in [4.69, 9.17) is 8.83 Å². The molecule has 0 fully saturated rings. The second kappa shape index (κ2) is 11.0. The molecule has 0 atom stereocenters. The van der Waals surface area contributed by atoms with Gasteiger partial charge in [0, 0.05) is 49.6 Å². The van der Waals surface area contributed by atoms with Crippen LogP contribution >= 0.6 is 0 Å². The Bertz CT molecular complexity index is 2810. The largest absolute Gasteiger partial charge is 0.455 e. The van der Waals surface area contributed by atoms with Crippen LogP contribution in [0.3, 0.4) is 0 Å². The second-order valence-corrected chi connectivity index (χ2v) is 12.5. The van der Waals surface area contributed by atoms with E-state index >= 15 is 0 Å². The van der Waals surface area contributed by atoms with Gasteiger partial charge in [-0.15, -0.1) is 0 Å². The Labute approximate surface area is 282 Å². The van der Waals surface area contributed by atoms with E-state index in [2.05, 4.69) is 157 Å². The highest BCUT2D eigenvalue weighted by Gasteiger charge is 2.17. The number of fused-ring (bicyclic) bond motifs is 8. The molecule has 10 rings (SSSR count). The van der Waals surface area contributed by atoms with E-state index in [0.29, 0.717) is 0 Å². The van der Waals surface area contributed by atoms with Gasteiger partial charge in [-0.1, -0.05) is 121 Å². The normalized spacial score (nSPS) is 11.7. The van der Waals surface area contributed by atoms with Crippen LogP contribution in [0.4, 0.5) is 17.1 Å². The number of nitrogens with zero attached hydrogens (tertiary/aromatic N) is 1. The minimum absolute atomic E-state index is 0.902. The minimum Gasteiger partial charge on any atom is -0.455 e. The molecular weight excluding hydrogens is 599 g/mol. The van der Waals surface area contributed by atoms with E-state index in [0.717, 1.165) is 82.8 Å². The number of anilines is 3. The van der Waals surface area contributed by atoms with E-state index in [-0.39, 0.29) is 0 Å². The van der Waals surface area contributed by atoms with Gasteiger partial charge in [0.2, 0.25) is 0 Å². The minimum atomic E-state index is 0.902. The number of furan rings is 2. The lowest BCUT2D eigenvalue weighted by Crippen LogP contribution is -2.09. The maximum Gasteiger partial charge on any atom is 0.143 e. The van der Waals surface area contributed by atoms with Gasteiger partial charge < -0.3 is 13.7 Å². The van der Waals surface area contributed by atoms with Crippen LogP contribution in [0.15, 0.2) is 185 Å². The predicted octanol–water partition coefficient (Wildman–Crippen LogP) is 13.4. The molecule has 2 heterocycles. The molecule has 0 bridgehead atoms. The smallest absolute Gasteiger partial charge is 0.143 e. The molecule has 0 aliphatic heterocycles. The molecule has 0 spiro atoms. The van der Waals surface area contributed by atoms with E-state index < -0.39 is 0 Å². The molecule has 2 aromatic heterocycles. The van der Waals surface area contributed by atoms with Crippen LogP contribution in [-0.4, -0.2) is 0 Å². The highest BCUT2D eigenvalue weighted by atomic mass is 16.3. The summed E-state index contributed by atoms with van der Waals surface area (Å²) in [4.78, 5) is 2.32. The SMILES string of the molecule is c1ccc(-c2ccc(N(c3ccc(-c4cccc5c4oc4ccccc45)cc3)c3ccc4ccc5c6ccccc6oc5c4c3)cc2)cc1. The number of hydrogen-bond donors (Lipinski definition) is 0. The summed E-state index contributed by atoms with van der Waals surface area (Å²) in [7, 11) is 0. The summed E-state index contributed by atoms with van der Waals surface area (Å²) < 4.78 is 12.9. The summed E-state index contributed by atoms with van der Waals surface area (Å²) >= 11 is 0. The number of benzene rings is 8. The van der Waals surface area contributed by atoms with Crippen molar-refractivity contribution in [3.05, 3.63) is 176 Å². The monoisotopic (exact) mass is 627 g/mol. The Morgan fingerprint density at radius 1 is 0.327 bits per heavy atom. The van der Waals surface area contributed by atoms with Gasteiger partial charge in [-0.3, -0.25) is 0 Å². The first-order chi connectivity index (χ1) is 24.3. The van der Waals surface area contributed by atoms with Crippen LogP contribution in [0.25, 0.3) is 76.9 Å². The van der Waals surface area contributed by atoms with Gasteiger partial charge in [-0.25, -0.2) is 0 Å². The fourth-order valence-electron chi connectivity index (χ4n) is 7.27. The van der Waals surface area contributed by atoms with E-state index in [9.17, 15) is 0 Å². The third-order valence-corrected chi connectivity index (χ3v) is 9.68. The molecule has 0 unspecified atom stereocenters. The molecule has 3 nitrogen and oxygen atoms in total. The molecule has 0 saturated heterocycles. The quantitative estimate of drug-likeness (QED) is 0.190. The first-order valence-corrected chi connectivity index (χ1v) is 16.6. The average Bonchev–Trinajstić information content (AvgIpc) is 3.75. The maximum absolute atomic E-state index is 6.47. The zero-order valence-electron chi connectivity index (χ0n) is 26.5. The third-order valence-electron chi connectivity index (χ3n) is 9.68. The zero-order valence-corrected chi connectivity index (χ0v) is 26.5. The van der Waals surface area contributed by atoms with E-state index in [1.54, 1.807) is 0 Å². The Kier molecular flexibility index (Phi) is 6.18. The molecule has 49 heavy (non-hydrogen) atoms. The topological polar surface area (TPSA) is 29.5 Å². The average molecular weight is 628 g/mol. The lowest BCUT2D eigenvalue weighted by atomic mass is 10.0. The Morgan fingerprint density at radius 3 is 1.57 bits per heavy atom. The number of hydrogen-bond acceptors (Lipinski definition) is 3. The lowest BCUT2D eigenvalue weighted by molar-refractivity contribution is 0.670. The van der Waals surface area contributed by atoms with Gasteiger partial charge in [0.15, 0.2) is 0 Å². The first kappa shape index (κ1) is 27.5. The van der Waals surface area contributed by atoms with Gasteiger partial charge in [-0.2, -0.15) is 0 Å². The summed E-state index contributed by atoms with van der Waals surface area (Å²) in [6, 6.07) is 62.0. The molecule has 10 aromatic rings. The molecule has 0 aliphatic rings. The molecule has 0 radical (unpaired) electrons. The van der Waals surface area contributed by atoms with Crippen LogP contribution in [0, 0.1) is 0 Å². The van der Waals surface area contributed by atoms with Crippen molar-refractivity contribution in [2.75, 3.05) is 4.90 Å². The summed E-state index contributed by atoms with van der Waals surface area (Å²) in [6.45, 7) is 0. The van der Waals surface area contributed by atoms with Crippen LogP contribution in [0.5, 0.6) is 0 Å². The van der Waals surface area contributed by atoms with Crippen molar-refractivity contribution < 1.29 is 8.83 Å². The highest BCUT2D eigenvalue weighted by Crippen LogP contribution is 2.42. The zero-order chi connectivity index (χ0) is 32.3. The van der Waals surface area contributed by atoms with Gasteiger partial charge in [0.25, 0.3) is 0 Å². The second-order valence-electron chi connectivity index (χ2n) is 12.5. The van der Waals surface area contributed by atoms with Crippen LogP contribution < -0.4 is 4.90 Å². The highest BCUT2D eigenvalue weighted by molar-refractivity contribution is 6.15. The van der Waals surface area contributed by atoms with Gasteiger partial charge in [0.1, 0.15) is 22.3 Å². The Morgan fingerprint density at radius 2 is 0.857 bits per heavy atom. The summed E-state index contributed by atoms with van der Waals surface area (Å²) in [5, 5.41) is 6.76. The van der Waals surface area contributed by atoms with Gasteiger partial charge in [-0.05, 0) is 76.7 Å². The summed E-state index contributed by atoms with van der Waals surface area (Å²) in [5.74, 6) is 0. The maximum atomic E-state index is 6.47. The van der Waals surface area contributed by atoms with E-state index in [1.807, 2.05) is 24.3 Å². The molecule has 230 valence electrons. The molecule has 8 aromatic carbocycles. The number of rotatable bonds is 5. The number of para-hydroxylation sites is 3. The van der Waals surface area contributed by atoms with Crippen molar-refractivity contribution in [2.45, 2.75) is 0 Å². The molecule has 3 heteroatoms. The van der Waals surface area contributed by atoms with Crippen molar-refractivity contribution >= 4 is 71.7 Å². The van der Waals surface area contributed by atoms with Crippen molar-refractivity contribution in [1.82, 2.24) is 0 Å². The van der Waals surface area contributed by atoms with Crippen molar-refractivity contribution in [3.63, 3.8) is 0 Å². The Balaban J connectivity index is 1.12. The van der Waals surface area contributed by atoms with Crippen LogP contribution in [0.1, 0.15) is 0 Å². The molecule has 0 aliphatic carbocycles. The third kappa shape index (κ3) is 4.51. The Hall–Kier alpha value is -6.58. The molecule has 0 amide bonds. The van der Waals surface area contributed by atoms with Crippen molar-refractivity contribution in [3.8, 4) is 22.3 Å². The van der Waals surface area contributed by atoms with Gasteiger partial charge >= 0.3 is 0 Å². The molecular formula is C46H29NO2. The van der Waals surface area contributed by atoms with Crippen LogP contribution in [0.2, 0.25) is 0 Å². The van der Waals surface area contributed by atoms with Gasteiger partial charge in [0.05, 0.1) is 0 Å². The van der Waals surface area contributed by atoms with Crippen LogP contribution in [-0.2, 0) is 0 Å². The molecule has 0 saturated carbocycles. The fourth-order valence-corrected chi connectivity index (χ4v) is 7.27. The fraction of sp³-hybridized carbons (Fsp3) is 0. The standard InChI is InChI=1S/C46H29NO2/c1-2-9-30(10-3-1)31-17-23-34(24-18-31)47(36-27-21-33-22-28-41-39-12-5-7-16-44(39)49-46(41)42(33)29-36)35-25-19-32(20-26-35)37-13-8-14-40-38-11-4-6-15-43(38)48-45(37)40/h1-29H. The first-order valence-electron chi connectivity index (χ1n) is 16.6. The van der Waals surface area contributed by atoms with E-state index in [1.165, 1.54) is 11.1 Å². The summed E-state index contributed by atoms with van der Waals surface area (Å²) in [5.41, 5.74) is 11.4. The predicted molar refractivity (Wildman–Crippen MR) is 204 cm³/mol. The van der Waals surface area contributed by atoms with Crippen molar-refractivity contribution in [1.29, 1.82) is 0 Å².